The predicted octanol–water partition coefficient (Wildman–Crippen LogP) is 4.52. The van der Waals surface area contributed by atoms with Crippen molar-refractivity contribution in [2.45, 2.75) is 103 Å². The molecular formula is C17H36N2O2. The third-order valence-corrected chi connectivity index (χ3v) is 3.91. The van der Waals surface area contributed by atoms with Crippen LogP contribution in [0.2, 0.25) is 0 Å². The summed E-state index contributed by atoms with van der Waals surface area (Å²) in [5, 5.41) is 11.5. The van der Waals surface area contributed by atoms with Gasteiger partial charge in [-0.15, -0.1) is 0 Å². The van der Waals surface area contributed by atoms with Crippen LogP contribution in [0.4, 0.5) is 0 Å². The van der Waals surface area contributed by atoms with E-state index >= 15 is 0 Å². The van der Waals surface area contributed by atoms with Crippen LogP contribution in [0, 0.1) is 0 Å². The first-order valence-electron chi connectivity index (χ1n) is 8.93. The zero-order valence-corrected chi connectivity index (χ0v) is 14.1. The molecule has 0 radical (unpaired) electrons. The highest BCUT2D eigenvalue weighted by Gasteiger charge is 2.07. The topological polar surface area (TPSA) is 61.4 Å². The Hall–Kier alpha value is -0.610. The Kier molecular flexibility index (Phi) is 15.3. The van der Waals surface area contributed by atoms with Gasteiger partial charge in [0.1, 0.15) is 6.17 Å². The number of hydroxylamine groups is 1. The van der Waals surface area contributed by atoms with E-state index in [1.54, 1.807) is 0 Å². The van der Waals surface area contributed by atoms with E-state index in [2.05, 4.69) is 17.7 Å². The molecule has 0 aliphatic heterocycles. The van der Waals surface area contributed by atoms with E-state index in [0.29, 0.717) is 12.8 Å². The van der Waals surface area contributed by atoms with Gasteiger partial charge in [-0.05, 0) is 12.8 Å². The molecule has 0 spiro atoms. The summed E-state index contributed by atoms with van der Waals surface area (Å²) in [4.78, 5) is 11.6. The van der Waals surface area contributed by atoms with Crippen molar-refractivity contribution in [3.63, 3.8) is 0 Å². The Morgan fingerprint density at radius 2 is 1.33 bits per heavy atom. The number of rotatable bonds is 15. The fourth-order valence-corrected chi connectivity index (χ4v) is 2.44. The Bertz CT molecular complexity index is 231. The number of amides is 1. The molecule has 0 heterocycles. The lowest BCUT2D eigenvalue weighted by Crippen LogP contribution is -2.43. The molecule has 21 heavy (non-hydrogen) atoms. The van der Waals surface area contributed by atoms with Crippen molar-refractivity contribution in [3.05, 3.63) is 0 Å². The monoisotopic (exact) mass is 300 g/mol. The zero-order valence-electron chi connectivity index (χ0n) is 14.1. The van der Waals surface area contributed by atoms with Gasteiger partial charge in [0.15, 0.2) is 0 Å². The minimum Gasteiger partial charge on any atom is -0.339 e. The summed E-state index contributed by atoms with van der Waals surface area (Å²) in [6.07, 6.45) is 15.1. The number of carbonyl (C=O) groups excluding carboxylic acids is 1. The highest BCUT2D eigenvalue weighted by molar-refractivity contribution is 5.76. The van der Waals surface area contributed by atoms with Crippen molar-refractivity contribution in [1.29, 1.82) is 0 Å². The molecule has 3 N–H and O–H groups in total. The minimum absolute atomic E-state index is 0.0272. The van der Waals surface area contributed by atoms with Gasteiger partial charge in [-0.25, -0.2) is 0 Å². The summed E-state index contributed by atoms with van der Waals surface area (Å²) >= 11 is 0. The molecule has 1 unspecified atom stereocenters. The Labute approximate surface area is 131 Å². The van der Waals surface area contributed by atoms with E-state index in [1.807, 2.05) is 6.92 Å². The van der Waals surface area contributed by atoms with Crippen LogP contribution in [-0.4, -0.2) is 17.3 Å². The van der Waals surface area contributed by atoms with Gasteiger partial charge in [-0.2, -0.15) is 5.48 Å². The molecule has 0 saturated carbocycles. The maximum Gasteiger partial charge on any atom is 0.221 e. The lowest BCUT2D eigenvalue weighted by Gasteiger charge is -2.14. The van der Waals surface area contributed by atoms with E-state index in [0.717, 1.165) is 12.8 Å². The second kappa shape index (κ2) is 15.8. The van der Waals surface area contributed by atoms with Crippen LogP contribution >= 0.6 is 0 Å². The Balaban J connectivity index is 3.23. The van der Waals surface area contributed by atoms with Crippen molar-refractivity contribution < 1.29 is 10.0 Å². The van der Waals surface area contributed by atoms with Gasteiger partial charge in [0.2, 0.25) is 5.91 Å². The maximum absolute atomic E-state index is 11.6. The van der Waals surface area contributed by atoms with Gasteiger partial charge >= 0.3 is 0 Å². The standard InChI is InChI=1S/C17H36N2O2/c1-3-5-6-7-8-9-10-11-12-13-14-15-17(20)18-16(4-2)19-21/h16,19,21H,3-15H2,1-2H3,(H,18,20). The SMILES string of the molecule is CCCCCCCCCCCCCC(=O)NC(CC)NO. The normalized spacial score (nSPS) is 12.3. The van der Waals surface area contributed by atoms with Gasteiger partial charge in [0.05, 0.1) is 0 Å². The van der Waals surface area contributed by atoms with Gasteiger partial charge < -0.3 is 10.5 Å². The lowest BCUT2D eigenvalue weighted by atomic mass is 10.1. The summed E-state index contributed by atoms with van der Waals surface area (Å²) in [5.74, 6) is 0.0272. The Morgan fingerprint density at radius 1 is 0.857 bits per heavy atom. The number of nitrogens with one attached hydrogen (secondary N) is 2. The molecule has 4 nitrogen and oxygen atoms in total. The average Bonchev–Trinajstić information content (AvgIpc) is 2.50. The molecule has 0 aromatic carbocycles. The second-order valence-electron chi connectivity index (χ2n) is 5.94. The molecule has 126 valence electrons. The molecular weight excluding hydrogens is 264 g/mol. The lowest BCUT2D eigenvalue weighted by molar-refractivity contribution is -0.123. The molecule has 0 bridgehead atoms. The first-order valence-corrected chi connectivity index (χ1v) is 8.93. The van der Waals surface area contributed by atoms with E-state index in [9.17, 15) is 4.79 Å². The van der Waals surface area contributed by atoms with Crippen molar-refractivity contribution in [2.24, 2.45) is 0 Å². The molecule has 0 aromatic rings. The molecule has 0 fully saturated rings. The number of hydrogen-bond donors (Lipinski definition) is 3. The summed E-state index contributed by atoms with van der Waals surface area (Å²) in [5.41, 5.74) is 2.09. The van der Waals surface area contributed by atoms with E-state index in [1.165, 1.54) is 57.8 Å². The van der Waals surface area contributed by atoms with Crippen molar-refractivity contribution in [2.75, 3.05) is 0 Å². The number of unbranched alkanes of at least 4 members (excludes halogenated alkanes) is 10. The first-order chi connectivity index (χ1) is 10.2. The van der Waals surface area contributed by atoms with Crippen LogP contribution in [0.5, 0.6) is 0 Å². The summed E-state index contributed by atoms with van der Waals surface area (Å²) in [6.45, 7) is 4.17. The van der Waals surface area contributed by atoms with Crippen LogP contribution in [0.25, 0.3) is 0 Å². The van der Waals surface area contributed by atoms with Gasteiger partial charge in [-0.3, -0.25) is 4.79 Å². The molecule has 4 heteroatoms. The fourth-order valence-electron chi connectivity index (χ4n) is 2.44. The van der Waals surface area contributed by atoms with Gasteiger partial charge in [0, 0.05) is 6.42 Å². The van der Waals surface area contributed by atoms with Crippen LogP contribution in [0.1, 0.15) is 97.3 Å². The van der Waals surface area contributed by atoms with Crippen molar-refractivity contribution in [3.8, 4) is 0 Å². The Morgan fingerprint density at radius 3 is 1.76 bits per heavy atom. The summed E-state index contributed by atoms with van der Waals surface area (Å²) in [6, 6.07) is 0. The van der Waals surface area contributed by atoms with E-state index < -0.39 is 0 Å². The third kappa shape index (κ3) is 14.1. The quantitative estimate of drug-likeness (QED) is 0.237. The molecule has 0 rings (SSSR count). The first kappa shape index (κ1) is 20.4. The highest BCUT2D eigenvalue weighted by Crippen LogP contribution is 2.11. The summed E-state index contributed by atoms with van der Waals surface area (Å²) < 4.78 is 0. The molecule has 0 aliphatic rings. The molecule has 0 saturated heterocycles. The van der Waals surface area contributed by atoms with Gasteiger partial charge in [-0.1, -0.05) is 78.1 Å². The van der Waals surface area contributed by atoms with Crippen LogP contribution in [-0.2, 0) is 4.79 Å². The zero-order chi connectivity index (χ0) is 15.8. The minimum atomic E-state index is -0.315. The van der Waals surface area contributed by atoms with Crippen molar-refractivity contribution >= 4 is 5.91 Å². The summed E-state index contributed by atoms with van der Waals surface area (Å²) in [7, 11) is 0. The fraction of sp³-hybridized carbons (Fsp3) is 0.941. The van der Waals surface area contributed by atoms with Crippen LogP contribution in [0.15, 0.2) is 0 Å². The molecule has 0 aliphatic carbocycles. The number of hydrogen-bond acceptors (Lipinski definition) is 3. The highest BCUT2D eigenvalue weighted by atomic mass is 16.5. The van der Waals surface area contributed by atoms with Crippen molar-refractivity contribution in [1.82, 2.24) is 10.8 Å². The van der Waals surface area contributed by atoms with Crippen LogP contribution < -0.4 is 10.8 Å². The third-order valence-electron chi connectivity index (χ3n) is 3.91. The van der Waals surface area contributed by atoms with E-state index in [-0.39, 0.29) is 12.1 Å². The smallest absolute Gasteiger partial charge is 0.221 e. The molecule has 0 aromatic heterocycles. The molecule has 1 amide bonds. The second-order valence-corrected chi connectivity index (χ2v) is 5.94. The predicted molar refractivity (Wildman–Crippen MR) is 88.2 cm³/mol. The maximum atomic E-state index is 11.6. The molecule has 1 atom stereocenters. The van der Waals surface area contributed by atoms with Crippen LogP contribution in [0.3, 0.4) is 0 Å². The van der Waals surface area contributed by atoms with Gasteiger partial charge in [0.25, 0.3) is 0 Å². The number of carbonyl (C=O) groups is 1. The largest absolute Gasteiger partial charge is 0.339 e. The average molecular weight is 300 g/mol. The van der Waals surface area contributed by atoms with E-state index in [4.69, 9.17) is 5.21 Å².